The van der Waals surface area contributed by atoms with E-state index in [0.29, 0.717) is 18.1 Å². The molecule has 1 saturated carbocycles. The third kappa shape index (κ3) is 5.09. The maximum absolute atomic E-state index is 12.8. The molecule has 2 aromatic carbocycles. The van der Waals surface area contributed by atoms with Crippen LogP contribution in [0, 0.1) is 0 Å². The molecule has 210 valence electrons. The van der Waals surface area contributed by atoms with E-state index in [-0.39, 0.29) is 18.1 Å². The highest BCUT2D eigenvalue weighted by Gasteiger charge is 2.50. The molecule has 3 heterocycles. The zero-order valence-corrected chi connectivity index (χ0v) is 23.1. The Kier molecular flexibility index (Phi) is 7.06. The number of para-hydroxylation sites is 1. The summed E-state index contributed by atoms with van der Waals surface area (Å²) in [6.07, 6.45) is 7.49. The third-order valence-electron chi connectivity index (χ3n) is 8.42. The minimum atomic E-state index is -0.695. The fourth-order valence-electron chi connectivity index (χ4n) is 6.40. The number of carbonyl (C=O) groups excluding carboxylic acids is 1. The summed E-state index contributed by atoms with van der Waals surface area (Å²) < 4.78 is 6.14. The van der Waals surface area contributed by atoms with Crippen LogP contribution in [0.25, 0.3) is 10.9 Å². The van der Waals surface area contributed by atoms with E-state index in [1.165, 1.54) is 16.5 Å². The van der Waals surface area contributed by atoms with Gasteiger partial charge >= 0.3 is 0 Å². The van der Waals surface area contributed by atoms with E-state index in [9.17, 15) is 9.90 Å². The van der Waals surface area contributed by atoms with E-state index < -0.39 is 11.5 Å². The fourth-order valence-corrected chi connectivity index (χ4v) is 6.40. The van der Waals surface area contributed by atoms with Crippen molar-refractivity contribution >= 4 is 22.5 Å². The molecule has 0 radical (unpaired) electrons. The molecule has 1 spiro atoms. The molecular formula is C30H37N7O3. The third-order valence-corrected chi connectivity index (χ3v) is 8.42. The quantitative estimate of drug-likeness (QED) is 0.195. The van der Waals surface area contributed by atoms with Gasteiger partial charge in [0.25, 0.3) is 0 Å². The van der Waals surface area contributed by atoms with Crippen molar-refractivity contribution in [3.05, 3.63) is 65.1 Å². The van der Waals surface area contributed by atoms with E-state index in [2.05, 4.69) is 74.5 Å². The minimum Gasteiger partial charge on any atom is -0.490 e. The highest BCUT2D eigenvalue weighted by molar-refractivity contribution is 6.07. The monoisotopic (exact) mass is 543 g/mol. The number of nitrogens with one attached hydrogen (secondary N) is 4. The van der Waals surface area contributed by atoms with Crippen LogP contribution < -0.4 is 15.4 Å². The lowest BCUT2D eigenvalue weighted by Crippen LogP contribution is -2.46. The summed E-state index contributed by atoms with van der Waals surface area (Å²) in [4.78, 5) is 16.3. The molecule has 4 aromatic rings. The molecule has 0 bridgehead atoms. The second kappa shape index (κ2) is 10.7. The number of β-amino-alcohol motifs (C(OH)–C–C–N with tert-alkyl or cyclic N) is 1. The molecule has 1 aliphatic heterocycles. The normalized spacial score (nSPS) is 16.9. The Hall–Kier alpha value is -3.76. The molecule has 1 fully saturated rings. The molecule has 1 amide bonds. The summed E-state index contributed by atoms with van der Waals surface area (Å²) in [6.45, 7) is 4.83. The van der Waals surface area contributed by atoms with Crippen molar-refractivity contribution in [2.24, 2.45) is 0 Å². The minimum absolute atomic E-state index is 0.0800. The van der Waals surface area contributed by atoms with Gasteiger partial charge in [0.05, 0.1) is 5.41 Å². The number of amides is 1. The van der Waals surface area contributed by atoms with Gasteiger partial charge in [-0.1, -0.05) is 42.3 Å². The van der Waals surface area contributed by atoms with E-state index in [1.54, 1.807) is 0 Å². The molecule has 10 nitrogen and oxygen atoms in total. The SMILES string of the molecule is CC(C)(Cc1c[nH]c2c(CCc3nn[nH]n3)cccc12)NCC(O)COc1cccc2c1C1(CCCC1)C(=O)N2. The highest BCUT2D eigenvalue weighted by Crippen LogP contribution is 2.52. The second-order valence-electron chi connectivity index (χ2n) is 11.8. The molecule has 1 unspecified atom stereocenters. The van der Waals surface area contributed by atoms with Gasteiger partial charge in [-0.05, 0) is 62.8 Å². The summed E-state index contributed by atoms with van der Waals surface area (Å²) in [6, 6.07) is 12.1. The fraction of sp³-hybridized carbons (Fsp3) is 0.467. The number of aromatic amines is 2. The number of ether oxygens (including phenoxy) is 1. The maximum Gasteiger partial charge on any atom is 0.235 e. The lowest BCUT2D eigenvalue weighted by Gasteiger charge is -2.28. The number of aliphatic hydroxyl groups excluding tert-OH is 1. The predicted molar refractivity (Wildman–Crippen MR) is 152 cm³/mol. The van der Waals surface area contributed by atoms with Crippen LogP contribution in [0.2, 0.25) is 0 Å². The summed E-state index contributed by atoms with van der Waals surface area (Å²) in [5, 5.41) is 32.8. The van der Waals surface area contributed by atoms with Crippen molar-refractivity contribution in [2.45, 2.75) is 75.9 Å². The molecule has 10 heteroatoms. The van der Waals surface area contributed by atoms with Crippen LogP contribution in [-0.4, -0.2) is 61.4 Å². The molecule has 5 N–H and O–H groups in total. The van der Waals surface area contributed by atoms with E-state index in [0.717, 1.165) is 61.7 Å². The second-order valence-corrected chi connectivity index (χ2v) is 11.8. The number of benzene rings is 2. The van der Waals surface area contributed by atoms with Crippen molar-refractivity contribution in [3.63, 3.8) is 0 Å². The van der Waals surface area contributed by atoms with Gasteiger partial charge in [-0.3, -0.25) is 4.79 Å². The number of anilines is 1. The predicted octanol–water partition coefficient (Wildman–Crippen LogP) is 3.58. The first-order valence-electron chi connectivity index (χ1n) is 14.2. The largest absolute Gasteiger partial charge is 0.490 e. The van der Waals surface area contributed by atoms with Crippen LogP contribution >= 0.6 is 0 Å². The Morgan fingerprint density at radius 3 is 2.75 bits per heavy atom. The lowest BCUT2D eigenvalue weighted by atomic mass is 9.79. The standard InChI is InChI=1S/C30H37N7O3/c1-29(2,15-20-16-31-27-19(7-5-8-22(20)27)11-12-25-34-36-37-35-25)32-17-21(38)18-40-24-10-6-9-23-26(24)30(28(39)33-23)13-3-4-14-30/h5-10,16,21,31-32,38H,3-4,11-15,17-18H2,1-2H3,(H,33,39)(H,34,35,36,37). The van der Waals surface area contributed by atoms with Crippen LogP contribution in [0.1, 0.15) is 62.0 Å². The average Bonchev–Trinajstić information content (AvgIpc) is 3.75. The van der Waals surface area contributed by atoms with Crippen LogP contribution in [0.15, 0.2) is 42.6 Å². The maximum atomic E-state index is 12.8. The number of tetrazole rings is 1. The molecule has 40 heavy (non-hydrogen) atoms. The molecular weight excluding hydrogens is 506 g/mol. The van der Waals surface area contributed by atoms with Crippen LogP contribution in [-0.2, 0) is 29.5 Å². The number of nitrogens with zero attached hydrogens (tertiary/aromatic N) is 3. The number of H-pyrrole nitrogens is 2. The zero-order valence-electron chi connectivity index (χ0n) is 23.1. The first-order valence-corrected chi connectivity index (χ1v) is 14.2. The number of aryl methyl sites for hydroxylation is 2. The number of aliphatic hydroxyl groups is 1. The lowest BCUT2D eigenvalue weighted by molar-refractivity contribution is -0.120. The molecule has 2 aliphatic rings. The Balaban J connectivity index is 1.06. The summed E-state index contributed by atoms with van der Waals surface area (Å²) >= 11 is 0. The van der Waals surface area contributed by atoms with Gasteiger partial charge in [0.15, 0.2) is 5.82 Å². The smallest absolute Gasteiger partial charge is 0.235 e. The zero-order chi connectivity index (χ0) is 27.7. The Morgan fingerprint density at radius 2 is 1.95 bits per heavy atom. The Labute approximate surface area is 233 Å². The van der Waals surface area contributed by atoms with Gasteiger partial charge in [-0.15, -0.1) is 10.2 Å². The molecule has 1 aliphatic carbocycles. The number of hydrogen-bond acceptors (Lipinski definition) is 7. The van der Waals surface area contributed by atoms with E-state index in [1.807, 2.05) is 18.2 Å². The van der Waals surface area contributed by atoms with Crippen LogP contribution in [0.4, 0.5) is 5.69 Å². The van der Waals surface area contributed by atoms with Gasteiger partial charge in [-0.2, -0.15) is 5.21 Å². The molecule has 2 aromatic heterocycles. The van der Waals surface area contributed by atoms with Gasteiger partial charge in [0.1, 0.15) is 18.5 Å². The number of aromatic nitrogens is 5. The highest BCUT2D eigenvalue weighted by atomic mass is 16.5. The number of rotatable bonds is 11. The van der Waals surface area contributed by atoms with E-state index >= 15 is 0 Å². The van der Waals surface area contributed by atoms with Gasteiger partial charge in [-0.25, -0.2) is 0 Å². The molecule has 1 atom stereocenters. The molecule has 0 saturated heterocycles. The van der Waals surface area contributed by atoms with Crippen molar-refractivity contribution in [3.8, 4) is 5.75 Å². The van der Waals surface area contributed by atoms with E-state index in [4.69, 9.17) is 4.74 Å². The number of hydrogen-bond donors (Lipinski definition) is 5. The topological polar surface area (TPSA) is 141 Å². The molecule has 6 rings (SSSR count). The Bertz CT molecular complexity index is 1490. The van der Waals surface area contributed by atoms with Crippen LogP contribution in [0.3, 0.4) is 0 Å². The van der Waals surface area contributed by atoms with Crippen molar-refractivity contribution in [1.29, 1.82) is 0 Å². The van der Waals surface area contributed by atoms with Crippen molar-refractivity contribution < 1.29 is 14.6 Å². The number of fused-ring (bicyclic) bond motifs is 3. The van der Waals surface area contributed by atoms with Gasteiger partial charge < -0.3 is 25.5 Å². The van der Waals surface area contributed by atoms with Gasteiger partial charge in [0.2, 0.25) is 5.91 Å². The Morgan fingerprint density at radius 1 is 1.12 bits per heavy atom. The van der Waals surface area contributed by atoms with Crippen molar-refractivity contribution in [2.75, 3.05) is 18.5 Å². The number of carbonyl (C=O) groups is 1. The summed E-state index contributed by atoms with van der Waals surface area (Å²) in [5.41, 5.74) is 4.64. The van der Waals surface area contributed by atoms with Crippen molar-refractivity contribution in [1.82, 2.24) is 30.9 Å². The first kappa shape index (κ1) is 26.5. The average molecular weight is 544 g/mol. The summed E-state index contributed by atoms with van der Waals surface area (Å²) in [7, 11) is 0. The van der Waals surface area contributed by atoms with Crippen LogP contribution in [0.5, 0.6) is 5.75 Å². The first-order chi connectivity index (χ1) is 19.3. The summed E-state index contributed by atoms with van der Waals surface area (Å²) in [5.74, 6) is 1.48. The van der Waals surface area contributed by atoms with Gasteiger partial charge in [0, 0.05) is 46.9 Å².